The van der Waals surface area contributed by atoms with Gasteiger partial charge in [0.1, 0.15) is 12.2 Å². The fourth-order valence-electron chi connectivity index (χ4n) is 1.24. The molecule has 0 bridgehead atoms. The van der Waals surface area contributed by atoms with E-state index in [0.717, 1.165) is 12.3 Å². The number of primary amides is 1. The SMILES string of the molecule is N#Cc1ncc(C(O)C(O)CC(N)=O)cc1F. The largest absolute Gasteiger partial charge is 0.390 e. The third-order valence-corrected chi connectivity index (χ3v) is 2.08. The van der Waals surface area contributed by atoms with Crippen molar-refractivity contribution in [1.29, 1.82) is 5.26 Å². The molecule has 1 aromatic heterocycles. The number of carbonyl (C=O) groups is 1. The van der Waals surface area contributed by atoms with Crippen LogP contribution >= 0.6 is 0 Å². The van der Waals surface area contributed by atoms with E-state index in [9.17, 15) is 19.4 Å². The average Bonchev–Trinajstić information content (AvgIpc) is 2.27. The Hall–Kier alpha value is -2.04. The standard InChI is InChI=1S/C10H10FN3O3/c11-6-1-5(4-14-7(6)3-12)10(17)8(15)2-9(13)16/h1,4,8,10,15,17H,2H2,(H2,13,16). The molecule has 0 saturated carbocycles. The first kappa shape index (κ1) is 13.0. The molecule has 90 valence electrons. The summed E-state index contributed by atoms with van der Waals surface area (Å²) in [5.41, 5.74) is 4.40. The molecule has 0 aliphatic heterocycles. The quantitative estimate of drug-likeness (QED) is 0.645. The number of aromatic nitrogens is 1. The first-order valence-corrected chi connectivity index (χ1v) is 4.65. The van der Waals surface area contributed by atoms with Gasteiger partial charge in [0, 0.05) is 11.8 Å². The molecule has 2 atom stereocenters. The van der Waals surface area contributed by atoms with Gasteiger partial charge in [-0.15, -0.1) is 0 Å². The van der Waals surface area contributed by atoms with Crippen LogP contribution in [0.2, 0.25) is 0 Å². The van der Waals surface area contributed by atoms with Gasteiger partial charge in [0.25, 0.3) is 0 Å². The third kappa shape index (κ3) is 3.21. The van der Waals surface area contributed by atoms with Crippen LogP contribution in [0.5, 0.6) is 0 Å². The Bertz CT molecular complexity index is 472. The summed E-state index contributed by atoms with van der Waals surface area (Å²) in [5.74, 6) is -1.70. The third-order valence-electron chi connectivity index (χ3n) is 2.08. The molecule has 0 aliphatic carbocycles. The number of hydrogen-bond donors (Lipinski definition) is 3. The second-order valence-corrected chi connectivity index (χ2v) is 3.39. The van der Waals surface area contributed by atoms with E-state index in [-0.39, 0.29) is 5.56 Å². The van der Waals surface area contributed by atoms with Gasteiger partial charge in [0.05, 0.1) is 12.5 Å². The molecule has 1 aromatic rings. The highest BCUT2D eigenvalue weighted by atomic mass is 19.1. The van der Waals surface area contributed by atoms with Crippen LogP contribution in [0, 0.1) is 17.1 Å². The van der Waals surface area contributed by atoms with Gasteiger partial charge in [-0.05, 0) is 6.07 Å². The van der Waals surface area contributed by atoms with Gasteiger partial charge in [-0.1, -0.05) is 0 Å². The topological polar surface area (TPSA) is 120 Å². The lowest BCUT2D eigenvalue weighted by Gasteiger charge is -2.16. The molecule has 0 saturated heterocycles. The molecular weight excluding hydrogens is 229 g/mol. The van der Waals surface area contributed by atoms with Gasteiger partial charge in [-0.2, -0.15) is 5.26 Å². The number of carbonyl (C=O) groups excluding carboxylic acids is 1. The van der Waals surface area contributed by atoms with Gasteiger partial charge < -0.3 is 15.9 Å². The van der Waals surface area contributed by atoms with E-state index in [0.29, 0.717) is 0 Å². The lowest BCUT2D eigenvalue weighted by atomic mass is 10.0. The maximum Gasteiger partial charge on any atom is 0.220 e. The average molecular weight is 239 g/mol. The number of pyridine rings is 1. The molecule has 0 fully saturated rings. The first-order chi connectivity index (χ1) is 7.95. The molecule has 1 amide bonds. The Balaban J connectivity index is 2.90. The molecule has 1 rings (SSSR count). The van der Waals surface area contributed by atoms with Crippen LogP contribution in [0.4, 0.5) is 4.39 Å². The van der Waals surface area contributed by atoms with Gasteiger partial charge >= 0.3 is 0 Å². The molecule has 6 nitrogen and oxygen atoms in total. The predicted molar refractivity (Wildman–Crippen MR) is 53.7 cm³/mol. The summed E-state index contributed by atoms with van der Waals surface area (Å²) in [6, 6.07) is 2.39. The van der Waals surface area contributed by atoms with Crippen LogP contribution in [0.1, 0.15) is 23.8 Å². The second-order valence-electron chi connectivity index (χ2n) is 3.39. The highest BCUT2D eigenvalue weighted by Crippen LogP contribution is 2.19. The molecule has 0 aliphatic rings. The highest BCUT2D eigenvalue weighted by Gasteiger charge is 2.21. The lowest BCUT2D eigenvalue weighted by molar-refractivity contribution is -0.121. The Morgan fingerprint density at radius 3 is 2.76 bits per heavy atom. The smallest absolute Gasteiger partial charge is 0.220 e. The minimum absolute atomic E-state index is 0.0322. The van der Waals surface area contributed by atoms with E-state index in [2.05, 4.69) is 4.98 Å². The number of aliphatic hydroxyl groups excluding tert-OH is 2. The Morgan fingerprint density at radius 2 is 2.29 bits per heavy atom. The number of rotatable bonds is 4. The highest BCUT2D eigenvalue weighted by molar-refractivity contribution is 5.74. The van der Waals surface area contributed by atoms with Crippen molar-refractivity contribution in [1.82, 2.24) is 4.98 Å². The van der Waals surface area contributed by atoms with Crippen molar-refractivity contribution in [3.05, 3.63) is 29.3 Å². The molecule has 7 heteroatoms. The van der Waals surface area contributed by atoms with E-state index in [1.165, 1.54) is 6.07 Å². The minimum atomic E-state index is -1.49. The van der Waals surface area contributed by atoms with Crippen LogP contribution < -0.4 is 5.73 Å². The first-order valence-electron chi connectivity index (χ1n) is 4.65. The monoisotopic (exact) mass is 239 g/mol. The fraction of sp³-hybridized carbons (Fsp3) is 0.300. The summed E-state index contributed by atoms with van der Waals surface area (Å²) in [7, 11) is 0. The van der Waals surface area contributed by atoms with Crippen molar-refractivity contribution < 1.29 is 19.4 Å². The Labute approximate surface area is 96.1 Å². The zero-order chi connectivity index (χ0) is 13.0. The van der Waals surface area contributed by atoms with Crippen LogP contribution in [-0.4, -0.2) is 27.2 Å². The van der Waals surface area contributed by atoms with Crippen LogP contribution in [0.15, 0.2) is 12.3 Å². The van der Waals surface area contributed by atoms with Crippen molar-refractivity contribution in [3.8, 4) is 6.07 Å². The lowest BCUT2D eigenvalue weighted by Crippen LogP contribution is -2.25. The number of hydrogen-bond acceptors (Lipinski definition) is 5. The van der Waals surface area contributed by atoms with Crippen molar-refractivity contribution in [2.75, 3.05) is 0 Å². The number of nitrogens with two attached hydrogens (primary N) is 1. The summed E-state index contributed by atoms with van der Waals surface area (Å²) >= 11 is 0. The van der Waals surface area contributed by atoms with Crippen molar-refractivity contribution in [3.63, 3.8) is 0 Å². The predicted octanol–water partition coefficient (Wildman–Crippen LogP) is -0.638. The van der Waals surface area contributed by atoms with Gasteiger partial charge in [-0.3, -0.25) is 4.79 Å². The zero-order valence-electron chi connectivity index (χ0n) is 8.67. The van der Waals surface area contributed by atoms with Crippen LogP contribution in [-0.2, 0) is 4.79 Å². The Kier molecular flexibility index (Phi) is 4.09. The molecule has 17 heavy (non-hydrogen) atoms. The summed E-state index contributed by atoms with van der Waals surface area (Å²) in [6.45, 7) is 0. The summed E-state index contributed by atoms with van der Waals surface area (Å²) in [4.78, 5) is 14.0. The van der Waals surface area contributed by atoms with E-state index in [4.69, 9.17) is 11.0 Å². The van der Waals surface area contributed by atoms with E-state index < -0.39 is 36.0 Å². The summed E-state index contributed by atoms with van der Waals surface area (Å²) in [5, 5.41) is 27.4. The van der Waals surface area contributed by atoms with Gasteiger partial charge in [0.15, 0.2) is 11.5 Å². The van der Waals surface area contributed by atoms with E-state index >= 15 is 0 Å². The number of nitrogens with zero attached hydrogens (tertiary/aromatic N) is 2. The van der Waals surface area contributed by atoms with Gasteiger partial charge in [-0.25, -0.2) is 9.37 Å². The number of amides is 1. The number of nitriles is 1. The maximum absolute atomic E-state index is 13.2. The summed E-state index contributed by atoms with van der Waals surface area (Å²) in [6.07, 6.45) is -2.34. The van der Waals surface area contributed by atoms with Crippen LogP contribution in [0.3, 0.4) is 0 Å². The van der Waals surface area contributed by atoms with Crippen molar-refractivity contribution in [2.24, 2.45) is 5.73 Å². The minimum Gasteiger partial charge on any atom is -0.390 e. The molecule has 0 radical (unpaired) electrons. The fourth-order valence-corrected chi connectivity index (χ4v) is 1.24. The molecular formula is C10H10FN3O3. The maximum atomic E-state index is 13.2. The van der Waals surface area contributed by atoms with Crippen molar-refractivity contribution in [2.45, 2.75) is 18.6 Å². The van der Waals surface area contributed by atoms with E-state index in [1.807, 2.05) is 0 Å². The zero-order valence-corrected chi connectivity index (χ0v) is 8.67. The Morgan fingerprint density at radius 1 is 1.65 bits per heavy atom. The molecule has 0 spiro atoms. The molecule has 1 heterocycles. The molecule has 2 unspecified atom stereocenters. The van der Waals surface area contributed by atoms with Crippen LogP contribution in [0.25, 0.3) is 0 Å². The van der Waals surface area contributed by atoms with Gasteiger partial charge in [0.2, 0.25) is 5.91 Å². The molecule has 4 N–H and O–H groups in total. The van der Waals surface area contributed by atoms with E-state index in [1.54, 1.807) is 0 Å². The van der Waals surface area contributed by atoms with Crippen molar-refractivity contribution >= 4 is 5.91 Å². The number of halogens is 1. The normalized spacial score (nSPS) is 13.8. The number of aliphatic hydroxyl groups is 2. The second kappa shape index (κ2) is 5.34. The summed E-state index contributed by atoms with van der Waals surface area (Å²) < 4.78 is 13.2. The molecule has 0 aromatic carbocycles.